The van der Waals surface area contributed by atoms with Crippen LogP contribution in [0.5, 0.6) is 5.75 Å². The first-order valence-electron chi connectivity index (χ1n) is 4.79. The zero-order chi connectivity index (χ0) is 10.4. The summed E-state index contributed by atoms with van der Waals surface area (Å²) in [6.07, 6.45) is 0.576. The fraction of sp³-hybridized carbons (Fsp3) is 0.455. The summed E-state index contributed by atoms with van der Waals surface area (Å²) in [5.41, 5.74) is 1.07. The lowest BCUT2D eigenvalue weighted by Gasteiger charge is -2.25. The predicted molar refractivity (Wildman–Crippen MR) is 58.1 cm³/mol. The van der Waals surface area contributed by atoms with Gasteiger partial charge in [0.1, 0.15) is 5.75 Å². The second kappa shape index (κ2) is 2.87. The standard InChI is InChI=1S/C11H15O2P/c1-11(2,3)14(12)8-9-6-4-5-7-10(9)13-14/h4-7H,8H2,1-3H3. The van der Waals surface area contributed by atoms with Gasteiger partial charge in [-0.25, -0.2) is 0 Å². The van der Waals surface area contributed by atoms with E-state index in [0.717, 1.165) is 11.3 Å². The van der Waals surface area contributed by atoms with Crippen LogP contribution in [0.25, 0.3) is 0 Å². The number of para-hydroxylation sites is 1. The van der Waals surface area contributed by atoms with Crippen LogP contribution in [0.3, 0.4) is 0 Å². The van der Waals surface area contributed by atoms with Crippen molar-refractivity contribution in [2.75, 3.05) is 0 Å². The Balaban J connectivity index is 2.40. The van der Waals surface area contributed by atoms with Crippen molar-refractivity contribution in [1.82, 2.24) is 0 Å². The molecule has 0 bridgehead atoms. The molecule has 0 N–H and O–H groups in total. The molecule has 2 rings (SSSR count). The topological polar surface area (TPSA) is 26.3 Å². The quantitative estimate of drug-likeness (QED) is 0.611. The van der Waals surface area contributed by atoms with E-state index in [4.69, 9.17) is 4.52 Å². The van der Waals surface area contributed by atoms with E-state index < -0.39 is 7.37 Å². The summed E-state index contributed by atoms with van der Waals surface area (Å²) >= 11 is 0. The SMILES string of the molecule is CC(C)(C)P1(=O)Cc2ccccc2O1. The third-order valence-electron chi connectivity index (χ3n) is 2.62. The second-order valence-electron chi connectivity index (χ2n) is 4.70. The van der Waals surface area contributed by atoms with Crippen molar-refractivity contribution in [2.24, 2.45) is 0 Å². The van der Waals surface area contributed by atoms with Crippen molar-refractivity contribution in [2.45, 2.75) is 32.1 Å². The molecule has 1 heterocycles. The van der Waals surface area contributed by atoms with Crippen molar-refractivity contribution in [3.05, 3.63) is 29.8 Å². The molecule has 1 atom stereocenters. The summed E-state index contributed by atoms with van der Waals surface area (Å²) in [5, 5.41) is -0.272. The van der Waals surface area contributed by atoms with Crippen LogP contribution < -0.4 is 4.52 Å². The van der Waals surface area contributed by atoms with Gasteiger partial charge in [0, 0.05) is 10.7 Å². The van der Waals surface area contributed by atoms with Crippen molar-refractivity contribution in [3.8, 4) is 5.75 Å². The molecule has 3 heteroatoms. The molecule has 0 aliphatic carbocycles. The van der Waals surface area contributed by atoms with E-state index in [1.165, 1.54) is 0 Å². The van der Waals surface area contributed by atoms with Crippen molar-refractivity contribution in [1.29, 1.82) is 0 Å². The minimum atomic E-state index is -2.54. The molecule has 14 heavy (non-hydrogen) atoms. The van der Waals surface area contributed by atoms with Gasteiger partial charge in [-0.05, 0) is 6.07 Å². The highest BCUT2D eigenvalue weighted by Crippen LogP contribution is 2.65. The van der Waals surface area contributed by atoms with E-state index in [1.807, 2.05) is 45.0 Å². The Bertz CT molecular complexity index is 375. The first-order valence-corrected chi connectivity index (χ1v) is 6.60. The van der Waals surface area contributed by atoms with Crippen LogP contribution in [-0.2, 0) is 10.7 Å². The molecule has 76 valence electrons. The van der Waals surface area contributed by atoms with Crippen LogP contribution in [0.1, 0.15) is 26.3 Å². The van der Waals surface area contributed by atoms with Crippen LogP contribution >= 0.6 is 7.37 Å². The normalized spacial score (nSPS) is 25.6. The third-order valence-corrected chi connectivity index (χ3v) is 5.91. The van der Waals surface area contributed by atoms with E-state index in [1.54, 1.807) is 0 Å². The lowest BCUT2D eigenvalue weighted by atomic mass is 10.2. The maximum absolute atomic E-state index is 12.5. The number of fused-ring (bicyclic) bond motifs is 1. The molecule has 1 unspecified atom stereocenters. The summed E-state index contributed by atoms with van der Waals surface area (Å²) in [4.78, 5) is 0. The molecule has 1 aliphatic rings. The summed E-state index contributed by atoms with van der Waals surface area (Å²) < 4.78 is 18.1. The van der Waals surface area contributed by atoms with Crippen LogP contribution in [-0.4, -0.2) is 5.16 Å². The fourth-order valence-electron chi connectivity index (χ4n) is 1.51. The van der Waals surface area contributed by atoms with Crippen molar-refractivity contribution in [3.63, 3.8) is 0 Å². The molecule has 0 radical (unpaired) electrons. The molecule has 0 saturated heterocycles. The average Bonchev–Trinajstić information content (AvgIpc) is 2.40. The molecule has 0 saturated carbocycles. The Hall–Kier alpha value is -0.750. The van der Waals surface area contributed by atoms with Gasteiger partial charge in [-0.3, -0.25) is 4.57 Å². The van der Waals surface area contributed by atoms with Gasteiger partial charge in [0.05, 0.1) is 6.16 Å². The summed E-state index contributed by atoms with van der Waals surface area (Å²) in [6, 6.07) is 7.75. The Kier molecular flexibility index (Phi) is 2.01. The third kappa shape index (κ3) is 1.38. The summed E-state index contributed by atoms with van der Waals surface area (Å²) in [7, 11) is -2.54. The fourth-order valence-corrected chi connectivity index (χ4v) is 3.53. The maximum atomic E-state index is 12.5. The number of hydrogen-bond acceptors (Lipinski definition) is 2. The largest absolute Gasteiger partial charge is 0.442 e. The monoisotopic (exact) mass is 210 g/mol. The van der Waals surface area contributed by atoms with Crippen LogP contribution in [0.2, 0.25) is 0 Å². The van der Waals surface area contributed by atoms with Crippen LogP contribution in [0.15, 0.2) is 24.3 Å². The average molecular weight is 210 g/mol. The number of rotatable bonds is 0. The van der Waals surface area contributed by atoms with E-state index in [-0.39, 0.29) is 5.16 Å². The minimum Gasteiger partial charge on any atom is -0.442 e. The highest BCUT2D eigenvalue weighted by Gasteiger charge is 2.43. The van der Waals surface area contributed by atoms with Crippen LogP contribution in [0, 0.1) is 0 Å². The van der Waals surface area contributed by atoms with Gasteiger partial charge in [0.25, 0.3) is 7.37 Å². The number of benzene rings is 1. The predicted octanol–water partition coefficient (Wildman–Crippen LogP) is 3.66. The smallest absolute Gasteiger partial charge is 0.257 e. The molecule has 1 aromatic rings. The van der Waals surface area contributed by atoms with E-state index in [9.17, 15) is 4.57 Å². The first kappa shape index (κ1) is 9.79. The van der Waals surface area contributed by atoms with Gasteiger partial charge >= 0.3 is 0 Å². The van der Waals surface area contributed by atoms with E-state index in [0.29, 0.717) is 6.16 Å². The molecule has 0 fully saturated rings. The van der Waals surface area contributed by atoms with Gasteiger partial charge in [-0.2, -0.15) is 0 Å². The van der Waals surface area contributed by atoms with Crippen LogP contribution in [0.4, 0.5) is 0 Å². The van der Waals surface area contributed by atoms with E-state index >= 15 is 0 Å². The highest BCUT2D eigenvalue weighted by atomic mass is 31.2. The van der Waals surface area contributed by atoms with Gasteiger partial charge < -0.3 is 4.52 Å². The molecule has 2 nitrogen and oxygen atoms in total. The number of hydrogen-bond donors (Lipinski definition) is 0. The molecule has 0 amide bonds. The highest BCUT2D eigenvalue weighted by molar-refractivity contribution is 7.60. The second-order valence-corrected chi connectivity index (χ2v) is 7.89. The lowest BCUT2D eigenvalue weighted by Crippen LogP contribution is -2.16. The van der Waals surface area contributed by atoms with Gasteiger partial charge in [-0.1, -0.05) is 39.0 Å². The van der Waals surface area contributed by atoms with Gasteiger partial charge in [0.15, 0.2) is 0 Å². The zero-order valence-electron chi connectivity index (χ0n) is 8.78. The zero-order valence-corrected chi connectivity index (χ0v) is 9.67. The molecule has 1 aliphatic heterocycles. The van der Waals surface area contributed by atoms with E-state index in [2.05, 4.69) is 0 Å². The Morgan fingerprint density at radius 3 is 2.50 bits per heavy atom. The Morgan fingerprint density at radius 1 is 1.29 bits per heavy atom. The molecule has 1 aromatic carbocycles. The molecular weight excluding hydrogens is 195 g/mol. The summed E-state index contributed by atoms with van der Waals surface area (Å²) in [5.74, 6) is 0.797. The minimum absolute atomic E-state index is 0.272. The molecular formula is C11H15O2P. The van der Waals surface area contributed by atoms with Gasteiger partial charge in [0.2, 0.25) is 0 Å². The van der Waals surface area contributed by atoms with Gasteiger partial charge in [-0.15, -0.1) is 0 Å². The molecule has 0 aromatic heterocycles. The van der Waals surface area contributed by atoms with Crippen molar-refractivity contribution >= 4 is 7.37 Å². The Morgan fingerprint density at radius 2 is 1.93 bits per heavy atom. The summed E-state index contributed by atoms with van der Waals surface area (Å²) in [6.45, 7) is 5.92. The lowest BCUT2D eigenvalue weighted by molar-refractivity contribution is 0.462. The first-order chi connectivity index (χ1) is 6.42. The maximum Gasteiger partial charge on any atom is 0.257 e. The van der Waals surface area contributed by atoms with Crippen molar-refractivity contribution < 1.29 is 9.09 Å². The molecule has 0 spiro atoms. The Labute approximate surface area is 84.7 Å².